The van der Waals surface area contributed by atoms with Crippen molar-refractivity contribution in [1.82, 2.24) is 20.5 Å². The first kappa shape index (κ1) is 32.2. The van der Waals surface area contributed by atoms with Crippen LogP contribution in [0.15, 0.2) is 24.3 Å². The Morgan fingerprint density at radius 1 is 1.05 bits per heavy atom. The molecule has 3 amide bonds. The number of hydrogen-bond acceptors (Lipinski definition) is 6. The Hall–Kier alpha value is -3.34. The molecule has 41 heavy (non-hydrogen) atoms. The zero-order valence-corrected chi connectivity index (χ0v) is 24.9. The molecule has 0 bridgehead atoms. The number of Topliss-reactive ketones (excluding diaryl/α,β-unsaturated/α-hetero) is 1. The third-order valence-electron chi connectivity index (χ3n) is 7.37. The van der Waals surface area contributed by atoms with Crippen molar-refractivity contribution >= 4 is 47.5 Å². The van der Waals surface area contributed by atoms with Crippen LogP contribution in [0.5, 0.6) is 0 Å². The van der Waals surface area contributed by atoms with Crippen LogP contribution in [0.1, 0.15) is 81.1 Å². The fourth-order valence-corrected chi connectivity index (χ4v) is 5.46. The van der Waals surface area contributed by atoms with Gasteiger partial charge in [-0.25, -0.2) is 0 Å². The third-order valence-corrected chi connectivity index (χ3v) is 8.16. The molecule has 0 aliphatic carbocycles. The van der Waals surface area contributed by atoms with E-state index in [1.54, 1.807) is 13.8 Å². The SMILES string of the molecule is CC(=O)CC[C@H](NC(=O)[C@@H]1CCCN1C(=O)[C@@H](NC(=O)c1cc2cc(C(=O)P(=O)(O)O)ccc2[nH]1)C(C)C)C(C)C. The predicted octanol–water partition coefficient (Wildman–Crippen LogP) is 2.74. The second-order valence-electron chi connectivity index (χ2n) is 11.3. The molecule has 1 saturated heterocycles. The largest absolute Gasteiger partial charge is 0.396 e. The number of carbonyl (C=O) groups is 5. The first-order chi connectivity index (χ1) is 19.1. The number of rotatable bonds is 12. The molecule has 1 aromatic carbocycles. The summed E-state index contributed by atoms with van der Waals surface area (Å²) in [5, 5.41) is 6.17. The summed E-state index contributed by atoms with van der Waals surface area (Å²) in [6.07, 6.45) is 2.00. The summed E-state index contributed by atoms with van der Waals surface area (Å²) in [6, 6.07) is 3.60. The predicted molar refractivity (Wildman–Crippen MR) is 152 cm³/mol. The number of likely N-dealkylation sites (tertiary alicyclic amines) is 1. The minimum atomic E-state index is -4.97. The Morgan fingerprint density at radius 3 is 2.32 bits per heavy atom. The van der Waals surface area contributed by atoms with Gasteiger partial charge in [-0.2, -0.15) is 0 Å². The van der Waals surface area contributed by atoms with Gasteiger partial charge >= 0.3 is 7.60 Å². The second-order valence-corrected chi connectivity index (χ2v) is 12.8. The maximum atomic E-state index is 13.7. The van der Waals surface area contributed by atoms with Crippen molar-refractivity contribution in [2.75, 3.05) is 6.54 Å². The Kier molecular flexibility index (Phi) is 10.3. The molecule has 13 heteroatoms. The van der Waals surface area contributed by atoms with Gasteiger partial charge in [0.1, 0.15) is 23.6 Å². The number of nitrogens with zero attached hydrogens (tertiary/aromatic N) is 1. The van der Waals surface area contributed by atoms with Gasteiger partial charge in [-0.1, -0.05) is 27.7 Å². The summed E-state index contributed by atoms with van der Waals surface area (Å²) in [7, 11) is -4.97. The van der Waals surface area contributed by atoms with Gasteiger partial charge in [0.05, 0.1) is 0 Å². The molecular weight excluding hydrogens is 551 g/mol. The standard InChI is InChI=1S/C28H39N4O8P/c1-15(2)20(10-8-17(5)33)30-26(35)23-7-6-12-32(23)27(36)24(16(3)4)31-25(34)22-14-19-13-18(9-11-21(19)29-22)28(37)41(38,39)40/h9,11,13-16,20,23-24,29H,6-8,10,12H2,1-5H3,(H,30,35)(H,31,34)(H2,38,39,40)/t20-,23-,24-/m0/s1. The highest BCUT2D eigenvalue weighted by Crippen LogP contribution is 2.39. The molecule has 1 fully saturated rings. The van der Waals surface area contributed by atoms with E-state index in [4.69, 9.17) is 0 Å². The topological polar surface area (TPSA) is 186 Å². The number of fused-ring (bicyclic) bond motifs is 1. The van der Waals surface area contributed by atoms with Crippen LogP contribution in [0, 0.1) is 11.8 Å². The van der Waals surface area contributed by atoms with Crippen LogP contribution in [0.3, 0.4) is 0 Å². The molecule has 12 nitrogen and oxygen atoms in total. The lowest BCUT2D eigenvalue weighted by molar-refractivity contribution is -0.141. The number of nitrogens with one attached hydrogen (secondary N) is 3. The smallest absolute Gasteiger partial charge is 0.351 e. The Bertz CT molecular complexity index is 1380. The number of benzene rings is 1. The minimum absolute atomic E-state index is 0.0446. The molecule has 0 saturated carbocycles. The Balaban J connectivity index is 1.75. The lowest BCUT2D eigenvalue weighted by Gasteiger charge is -2.32. The van der Waals surface area contributed by atoms with Crippen molar-refractivity contribution < 1.29 is 38.3 Å². The van der Waals surface area contributed by atoms with Crippen molar-refractivity contribution in [3.63, 3.8) is 0 Å². The van der Waals surface area contributed by atoms with Gasteiger partial charge in [-0.05, 0) is 62.3 Å². The van der Waals surface area contributed by atoms with Gasteiger partial charge in [0.2, 0.25) is 11.8 Å². The van der Waals surface area contributed by atoms with Crippen LogP contribution in [0.2, 0.25) is 0 Å². The molecule has 5 N–H and O–H groups in total. The van der Waals surface area contributed by atoms with E-state index in [2.05, 4.69) is 15.6 Å². The van der Waals surface area contributed by atoms with E-state index in [-0.39, 0.29) is 46.7 Å². The molecule has 3 rings (SSSR count). The number of H-pyrrole nitrogens is 1. The van der Waals surface area contributed by atoms with Crippen molar-refractivity contribution in [2.24, 2.45) is 11.8 Å². The van der Waals surface area contributed by atoms with E-state index in [0.717, 1.165) is 0 Å². The Labute approximate surface area is 238 Å². The summed E-state index contributed by atoms with van der Waals surface area (Å²) in [5.74, 6) is -1.38. The van der Waals surface area contributed by atoms with Crippen LogP contribution in [0.4, 0.5) is 0 Å². The van der Waals surface area contributed by atoms with E-state index in [1.807, 2.05) is 13.8 Å². The fourth-order valence-electron chi connectivity index (χ4n) is 4.98. The molecule has 224 valence electrons. The van der Waals surface area contributed by atoms with Crippen LogP contribution >= 0.6 is 7.60 Å². The van der Waals surface area contributed by atoms with Crippen LogP contribution < -0.4 is 10.6 Å². The van der Waals surface area contributed by atoms with Crippen LogP contribution in [-0.2, 0) is 18.9 Å². The monoisotopic (exact) mass is 590 g/mol. The second kappa shape index (κ2) is 13.1. The quantitative estimate of drug-likeness (QED) is 0.234. The van der Waals surface area contributed by atoms with Gasteiger partial charge in [0.15, 0.2) is 0 Å². The molecule has 2 aromatic rings. The molecule has 0 spiro atoms. The molecule has 0 radical (unpaired) electrons. The summed E-state index contributed by atoms with van der Waals surface area (Å²) < 4.78 is 11.3. The number of amides is 3. The number of aromatic nitrogens is 1. The maximum Gasteiger partial charge on any atom is 0.396 e. The van der Waals surface area contributed by atoms with Crippen molar-refractivity contribution in [3.8, 4) is 0 Å². The summed E-state index contributed by atoms with van der Waals surface area (Å²) in [5.41, 5.74) is -0.947. The van der Waals surface area contributed by atoms with Gasteiger partial charge < -0.3 is 35.1 Å². The molecular formula is C28H39N4O8P. The maximum absolute atomic E-state index is 13.7. The van der Waals surface area contributed by atoms with Gasteiger partial charge in [-0.3, -0.25) is 23.7 Å². The minimum Gasteiger partial charge on any atom is -0.351 e. The normalized spacial score (nSPS) is 17.1. The summed E-state index contributed by atoms with van der Waals surface area (Å²) >= 11 is 0. The number of hydrogen-bond donors (Lipinski definition) is 5. The molecule has 0 unspecified atom stereocenters. The number of aromatic amines is 1. The van der Waals surface area contributed by atoms with Gasteiger partial charge in [0.25, 0.3) is 11.4 Å². The highest BCUT2D eigenvalue weighted by atomic mass is 31.2. The van der Waals surface area contributed by atoms with E-state index >= 15 is 0 Å². The summed E-state index contributed by atoms with van der Waals surface area (Å²) in [4.78, 5) is 86.3. The zero-order chi connectivity index (χ0) is 30.6. The van der Waals surface area contributed by atoms with Crippen molar-refractivity contribution in [2.45, 2.75) is 78.4 Å². The average molecular weight is 591 g/mol. The number of carbonyl (C=O) groups excluding carboxylic acids is 5. The van der Waals surface area contributed by atoms with E-state index in [9.17, 15) is 38.3 Å². The molecule has 2 heterocycles. The van der Waals surface area contributed by atoms with Crippen LogP contribution in [-0.4, -0.2) is 73.4 Å². The third kappa shape index (κ3) is 7.90. The first-order valence-corrected chi connectivity index (χ1v) is 15.4. The Morgan fingerprint density at radius 2 is 1.73 bits per heavy atom. The molecule has 3 atom stereocenters. The van der Waals surface area contributed by atoms with E-state index in [1.165, 1.54) is 36.1 Å². The fraction of sp³-hybridized carbons (Fsp3) is 0.536. The highest BCUT2D eigenvalue weighted by molar-refractivity contribution is 7.70. The molecule has 1 aliphatic rings. The van der Waals surface area contributed by atoms with Gasteiger partial charge in [0, 0.05) is 35.5 Å². The molecule has 1 aromatic heterocycles. The van der Waals surface area contributed by atoms with Crippen LogP contribution in [0.25, 0.3) is 10.9 Å². The number of ketones is 1. The van der Waals surface area contributed by atoms with Gasteiger partial charge in [-0.15, -0.1) is 0 Å². The highest BCUT2D eigenvalue weighted by Gasteiger charge is 2.39. The lowest BCUT2D eigenvalue weighted by Crippen LogP contribution is -2.56. The average Bonchev–Trinajstić information content (AvgIpc) is 3.54. The zero-order valence-electron chi connectivity index (χ0n) is 24.0. The van der Waals surface area contributed by atoms with Crippen molar-refractivity contribution in [3.05, 3.63) is 35.5 Å². The van der Waals surface area contributed by atoms with E-state index in [0.29, 0.717) is 43.1 Å². The van der Waals surface area contributed by atoms with Crippen molar-refractivity contribution in [1.29, 1.82) is 0 Å². The lowest BCUT2D eigenvalue weighted by atomic mass is 9.97. The first-order valence-electron chi connectivity index (χ1n) is 13.7. The summed E-state index contributed by atoms with van der Waals surface area (Å²) in [6.45, 7) is 9.39. The van der Waals surface area contributed by atoms with E-state index < -0.39 is 31.1 Å². The molecule has 1 aliphatic heterocycles.